The van der Waals surface area contributed by atoms with Gasteiger partial charge < -0.3 is 0 Å². The Hall–Kier alpha value is 0.310. The Labute approximate surface area is 89.2 Å². The lowest BCUT2D eigenvalue weighted by Crippen LogP contribution is -2.00. The van der Waals surface area contributed by atoms with Crippen LogP contribution >= 0.6 is 46.4 Å². The molecule has 0 radical (unpaired) electrons. The first-order chi connectivity index (χ1) is 5.41. The third-order valence-corrected chi connectivity index (χ3v) is 2.16. The second-order valence-corrected chi connectivity index (χ2v) is 4.81. The van der Waals surface area contributed by atoms with Crippen molar-refractivity contribution in [3.05, 3.63) is 34.6 Å². The maximum Gasteiger partial charge on any atom is 0.217 e. The van der Waals surface area contributed by atoms with Gasteiger partial charge >= 0.3 is 0 Å². The first-order valence-electron chi connectivity index (χ1n) is 2.93. The van der Waals surface area contributed by atoms with Crippen LogP contribution in [0.4, 0.5) is 4.39 Å². The van der Waals surface area contributed by atoms with Crippen LogP contribution in [0.2, 0.25) is 5.02 Å². The van der Waals surface area contributed by atoms with Gasteiger partial charge in [-0.2, -0.15) is 0 Å². The van der Waals surface area contributed by atoms with Crippen LogP contribution in [0.1, 0.15) is 5.56 Å². The molecule has 0 saturated heterocycles. The molecule has 12 heavy (non-hydrogen) atoms. The SMILES string of the molecule is Fc1ccc(C(Cl)(Cl)Cl)c(Cl)c1. The highest BCUT2D eigenvalue weighted by Crippen LogP contribution is 2.41. The van der Waals surface area contributed by atoms with Crippen molar-refractivity contribution in [3.8, 4) is 0 Å². The van der Waals surface area contributed by atoms with Crippen molar-refractivity contribution in [2.75, 3.05) is 0 Å². The number of hydrogen-bond donors (Lipinski definition) is 0. The maximum absolute atomic E-state index is 12.5. The highest BCUT2D eigenvalue weighted by molar-refractivity contribution is 6.67. The summed E-state index contributed by atoms with van der Waals surface area (Å²) >= 11 is 22.2. The Balaban J connectivity index is 3.19. The molecule has 1 aromatic carbocycles. The van der Waals surface area contributed by atoms with E-state index in [4.69, 9.17) is 46.4 Å². The van der Waals surface area contributed by atoms with Crippen LogP contribution < -0.4 is 0 Å². The summed E-state index contributed by atoms with van der Waals surface area (Å²) in [7, 11) is 0. The van der Waals surface area contributed by atoms with E-state index < -0.39 is 9.61 Å². The van der Waals surface area contributed by atoms with Crippen molar-refractivity contribution in [2.45, 2.75) is 3.79 Å². The first-order valence-corrected chi connectivity index (χ1v) is 4.44. The van der Waals surface area contributed by atoms with Crippen LogP contribution in [-0.2, 0) is 3.79 Å². The molecule has 1 rings (SSSR count). The Morgan fingerprint density at radius 3 is 2.17 bits per heavy atom. The largest absolute Gasteiger partial charge is 0.217 e. The second kappa shape index (κ2) is 3.59. The zero-order valence-electron chi connectivity index (χ0n) is 5.62. The Bertz CT molecular complexity index is 292. The molecule has 66 valence electrons. The molecule has 0 heterocycles. The van der Waals surface area contributed by atoms with Gasteiger partial charge in [0.2, 0.25) is 3.79 Å². The van der Waals surface area contributed by atoms with Crippen molar-refractivity contribution in [1.29, 1.82) is 0 Å². The van der Waals surface area contributed by atoms with Crippen LogP contribution in [0.5, 0.6) is 0 Å². The van der Waals surface area contributed by atoms with E-state index in [2.05, 4.69) is 0 Å². The van der Waals surface area contributed by atoms with Gasteiger partial charge in [0.25, 0.3) is 0 Å². The molecule has 0 spiro atoms. The summed E-state index contributed by atoms with van der Waals surface area (Å²) in [6.45, 7) is 0. The topological polar surface area (TPSA) is 0 Å². The molecule has 0 N–H and O–H groups in total. The van der Waals surface area contributed by atoms with Crippen molar-refractivity contribution < 1.29 is 4.39 Å². The molecule has 0 unspecified atom stereocenters. The van der Waals surface area contributed by atoms with Gasteiger partial charge in [-0.1, -0.05) is 52.5 Å². The summed E-state index contributed by atoms with van der Waals surface area (Å²) in [5.41, 5.74) is 0.274. The number of alkyl halides is 3. The van der Waals surface area contributed by atoms with Crippen LogP contribution in [0.15, 0.2) is 18.2 Å². The molecular formula is C7H3Cl4F. The molecule has 0 amide bonds. The predicted molar refractivity (Wildman–Crippen MR) is 50.6 cm³/mol. The van der Waals surface area contributed by atoms with E-state index in [0.29, 0.717) is 0 Å². The van der Waals surface area contributed by atoms with Crippen molar-refractivity contribution in [1.82, 2.24) is 0 Å². The monoisotopic (exact) mass is 246 g/mol. The zero-order chi connectivity index (χ0) is 9.35. The number of halogens is 5. The average Bonchev–Trinajstić information content (AvgIpc) is 1.83. The summed E-state index contributed by atoms with van der Waals surface area (Å²) < 4.78 is 10.9. The summed E-state index contributed by atoms with van der Waals surface area (Å²) in [6.07, 6.45) is 0. The Kier molecular flexibility index (Phi) is 3.11. The molecule has 0 saturated carbocycles. The van der Waals surface area contributed by atoms with Gasteiger partial charge in [-0.15, -0.1) is 0 Å². The third kappa shape index (κ3) is 2.40. The van der Waals surface area contributed by atoms with E-state index in [1.54, 1.807) is 0 Å². The minimum Gasteiger partial charge on any atom is -0.207 e. The van der Waals surface area contributed by atoms with Gasteiger partial charge in [-0.05, 0) is 12.1 Å². The van der Waals surface area contributed by atoms with Gasteiger partial charge in [-0.3, -0.25) is 0 Å². The molecule has 1 aromatic rings. The normalized spacial score (nSPS) is 11.8. The van der Waals surface area contributed by atoms with E-state index >= 15 is 0 Å². The van der Waals surface area contributed by atoms with Crippen molar-refractivity contribution in [2.24, 2.45) is 0 Å². The van der Waals surface area contributed by atoms with Gasteiger partial charge in [-0.25, -0.2) is 4.39 Å². The van der Waals surface area contributed by atoms with Crippen molar-refractivity contribution >= 4 is 46.4 Å². The first kappa shape index (κ1) is 10.4. The Morgan fingerprint density at radius 2 is 1.75 bits per heavy atom. The lowest BCUT2D eigenvalue weighted by Gasteiger charge is -2.12. The minimum atomic E-state index is -1.61. The van der Waals surface area contributed by atoms with Crippen molar-refractivity contribution in [3.63, 3.8) is 0 Å². The second-order valence-electron chi connectivity index (χ2n) is 2.12. The maximum atomic E-state index is 12.5. The number of hydrogen-bond acceptors (Lipinski definition) is 0. The lowest BCUT2D eigenvalue weighted by atomic mass is 10.2. The average molecular weight is 248 g/mol. The molecule has 0 aliphatic carbocycles. The van der Waals surface area contributed by atoms with E-state index in [1.165, 1.54) is 12.1 Å². The van der Waals surface area contributed by atoms with Crippen LogP contribution in [0, 0.1) is 5.82 Å². The predicted octanol–water partition coefficient (Wildman–Crippen LogP) is 4.31. The molecule has 0 fully saturated rings. The standard InChI is InChI=1S/C7H3Cl4F/c8-6-3-4(12)1-2-5(6)7(9,10)11/h1-3H. The molecular weight excluding hydrogens is 245 g/mol. The van der Waals surface area contributed by atoms with Gasteiger partial charge in [0, 0.05) is 5.56 Å². The quantitative estimate of drug-likeness (QED) is 0.600. The van der Waals surface area contributed by atoms with E-state index in [1.807, 2.05) is 0 Å². The Morgan fingerprint density at radius 1 is 1.17 bits per heavy atom. The molecule has 0 aliphatic heterocycles. The molecule has 0 nitrogen and oxygen atoms in total. The number of rotatable bonds is 0. The van der Waals surface area contributed by atoms with Crippen LogP contribution in [0.3, 0.4) is 0 Å². The third-order valence-electron chi connectivity index (χ3n) is 1.24. The zero-order valence-corrected chi connectivity index (χ0v) is 8.65. The molecule has 5 heteroatoms. The minimum absolute atomic E-state index is 0.106. The van der Waals surface area contributed by atoms with E-state index in [9.17, 15) is 4.39 Å². The summed E-state index contributed by atoms with van der Waals surface area (Å²) in [6, 6.07) is 3.62. The summed E-state index contributed by atoms with van der Waals surface area (Å²) in [5.74, 6) is -0.460. The smallest absolute Gasteiger partial charge is 0.207 e. The summed E-state index contributed by atoms with van der Waals surface area (Å²) in [5, 5.41) is 0.106. The van der Waals surface area contributed by atoms with E-state index in [-0.39, 0.29) is 10.6 Å². The molecule has 0 bridgehead atoms. The lowest BCUT2D eigenvalue weighted by molar-refractivity contribution is 0.627. The fraction of sp³-hybridized carbons (Fsp3) is 0.143. The highest BCUT2D eigenvalue weighted by atomic mass is 35.6. The van der Waals surface area contributed by atoms with Gasteiger partial charge in [0.05, 0.1) is 5.02 Å². The van der Waals surface area contributed by atoms with Crippen LogP contribution in [-0.4, -0.2) is 0 Å². The van der Waals surface area contributed by atoms with Crippen LogP contribution in [0.25, 0.3) is 0 Å². The van der Waals surface area contributed by atoms with Gasteiger partial charge in [0.15, 0.2) is 0 Å². The molecule has 0 aromatic heterocycles. The highest BCUT2D eigenvalue weighted by Gasteiger charge is 2.25. The summed E-state index contributed by atoms with van der Waals surface area (Å²) in [4.78, 5) is 0. The van der Waals surface area contributed by atoms with Gasteiger partial charge in [0.1, 0.15) is 5.82 Å². The van der Waals surface area contributed by atoms with E-state index in [0.717, 1.165) is 6.07 Å². The fourth-order valence-electron chi connectivity index (χ4n) is 0.719. The molecule has 0 atom stereocenters. The molecule has 0 aliphatic rings. The fourth-order valence-corrected chi connectivity index (χ4v) is 1.67. The number of benzene rings is 1.